The second kappa shape index (κ2) is 15.6. The third-order valence-electron chi connectivity index (χ3n) is 4.47. The summed E-state index contributed by atoms with van der Waals surface area (Å²) in [5.74, 6) is 0. The van der Waals surface area contributed by atoms with Crippen molar-refractivity contribution in [1.82, 2.24) is 5.32 Å². The summed E-state index contributed by atoms with van der Waals surface area (Å²) in [6.45, 7) is 10.2. The molecule has 22 heavy (non-hydrogen) atoms. The first-order valence-corrected chi connectivity index (χ1v) is 10.0. The second-order valence-corrected chi connectivity index (χ2v) is 7.39. The van der Waals surface area contributed by atoms with E-state index in [2.05, 4.69) is 45.2 Å². The number of unbranched alkanes of at least 4 members (excludes halogenated alkanes) is 10. The van der Waals surface area contributed by atoms with Crippen molar-refractivity contribution in [1.29, 1.82) is 0 Å². The minimum Gasteiger partial charge on any atom is -0.312 e. The number of allylic oxidation sites excluding steroid dienone is 2. The van der Waals surface area contributed by atoms with E-state index in [1.54, 1.807) is 0 Å². The van der Waals surface area contributed by atoms with Crippen LogP contribution in [0.25, 0.3) is 0 Å². The van der Waals surface area contributed by atoms with Crippen LogP contribution in [0.4, 0.5) is 0 Å². The van der Waals surface area contributed by atoms with Crippen molar-refractivity contribution in [2.75, 3.05) is 6.54 Å². The van der Waals surface area contributed by atoms with Gasteiger partial charge in [-0.05, 0) is 52.5 Å². The van der Waals surface area contributed by atoms with Gasteiger partial charge in [0.2, 0.25) is 0 Å². The quantitative estimate of drug-likeness (QED) is 0.238. The van der Waals surface area contributed by atoms with E-state index in [0.29, 0.717) is 5.54 Å². The highest BCUT2D eigenvalue weighted by Crippen LogP contribution is 2.15. The third-order valence-corrected chi connectivity index (χ3v) is 4.47. The van der Waals surface area contributed by atoms with E-state index in [4.69, 9.17) is 0 Å². The Morgan fingerprint density at radius 2 is 1.18 bits per heavy atom. The predicted molar refractivity (Wildman–Crippen MR) is 103 cm³/mol. The minimum absolute atomic E-state index is 0.325. The maximum Gasteiger partial charge on any atom is 0.0125 e. The van der Waals surface area contributed by atoms with Gasteiger partial charge in [-0.25, -0.2) is 0 Å². The van der Waals surface area contributed by atoms with Crippen LogP contribution in [0.1, 0.15) is 111 Å². The van der Waals surface area contributed by atoms with Crippen molar-refractivity contribution in [2.24, 2.45) is 0 Å². The smallest absolute Gasteiger partial charge is 0.0125 e. The maximum absolute atomic E-state index is 3.56. The van der Waals surface area contributed by atoms with Crippen LogP contribution < -0.4 is 5.32 Å². The number of rotatable bonds is 16. The topological polar surface area (TPSA) is 12.0 Å². The molecule has 0 aliphatic carbocycles. The predicted octanol–water partition coefficient (Wildman–Crippen LogP) is 7.02. The lowest BCUT2D eigenvalue weighted by atomic mass is 9.96. The fourth-order valence-electron chi connectivity index (χ4n) is 3.03. The van der Waals surface area contributed by atoms with Crippen LogP contribution in [0.5, 0.6) is 0 Å². The first kappa shape index (κ1) is 21.7. The molecule has 0 aromatic rings. The molecule has 0 saturated heterocycles. The molecule has 0 rings (SSSR count). The van der Waals surface area contributed by atoms with Gasteiger partial charge in [-0.2, -0.15) is 0 Å². The molecule has 0 atom stereocenters. The van der Waals surface area contributed by atoms with E-state index >= 15 is 0 Å². The van der Waals surface area contributed by atoms with E-state index < -0.39 is 0 Å². The minimum atomic E-state index is 0.325. The van der Waals surface area contributed by atoms with Gasteiger partial charge in [0, 0.05) is 5.54 Å². The highest BCUT2D eigenvalue weighted by molar-refractivity contribution is 4.81. The second-order valence-electron chi connectivity index (χ2n) is 7.39. The molecule has 0 saturated carbocycles. The first-order valence-electron chi connectivity index (χ1n) is 10.0. The maximum atomic E-state index is 3.56. The molecular weight excluding hydrogens is 266 g/mol. The van der Waals surface area contributed by atoms with Crippen molar-refractivity contribution in [2.45, 2.75) is 117 Å². The van der Waals surface area contributed by atoms with E-state index in [0.717, 1.165) is 6.54 Å². The Labute approximate surface area is 141 Å². The van der Waals surface area contributed by atoms with Crippen molar-refractivity contribution in [3.8, 4) is 0 Å². The van der Waals surface area contributed by atoms with E-state index in [9.17, 15) is 0 Å². The standard InChI is InChI=1S/C21H43N/c1-5-7-8-9-10-11-12-13-14-15-16-17-18-19-20-21(3,4)22-6-2/h13-14,22H,5-12,15-20H2,1-4H3/b14-13+. The van der Waals surface area contributed by atoms with Crippen LogP contribution in [0.15, 0.2) is 12.2 Å². The van der Waals surface area contributed by atoms with Crippen LogP contribution in [0, 0.1) is 0 Å². The van der Waals surface area contributed by atoms with Crippen LogP contribution in [-0.2, 0) is 0 Å². The Balaban J connectivity index is 3.24. The van der Waals surface area contributed by atoms with Crippen molar-refractivity contribution >= 4 is 0 Å². The monoisotopic (exact) mass is 309 g/mol. The molecule has 0 fully saturated rings. The summed E-state index contributed by atoms with van der Waals surface area (Å²) in [6, 6.07) is 0. The molecule has 0 spiro atoms. The van der Waals surface area contributed by atoms with Gasteiger partial charge in [0.15, 0.2) is 0 Å². The molecule has 0 aliphatic rings. The molecule has 1 heteroatoms. The highest BCUT2D eigenvalue weighted by atomic mass is 14.9. The summed E-state index contributed by atoms with van der Waals surface area (Å²) in [5, 5.41) is 3.56. The van der Waals surface area contributed by atoms with Crippen LogP contribution in [0.2, 0.25) is 0 Å². The highest BCUT2D eigenvalue weighted by Gasteiger charge is 2.14. The summed E-state index contributed by atoms with van der Waals surface area (Å²) in [5.41, 5.74) is 0.325. The van der Waals surface area contributed by atoms with Crippen molar-refractivity contribution in [3.63, 3.8) is 0 Å². The van der Waals surface area contributed by atoms with Crippen LogP contribution in [0.3, 0.4) is 0 Å². The lowest BCUT2D eigenvalue weighted by molar-refractivity contribution is 0.355. The summed E-state index contributed by atoms with van der Waals surface area (Å²) in [4.78, 5) is 0. The zero-order valence-corrected chi connectivity index (χ0v) is 16.1. The van der Waals surface area contributed by atoms with Gasteiger partial charge in [0.25, 0.3) is 0 Å². The SMILES string of the molecule is CCCCCCCC/C=C/CCCCCCC(C)(C)NCC. The average molecular weight is 310 g/mol. The molecule has 1 nitrogen and oxygen atoms in total. The lowest BCUT2D eigenvalue weighted by Gasteiger charge is -2.25. The molecule has 0 unspecified atom stereocenters. The Morgan fingerprint density at radius 3 is 1.73 bits per heavy atom. The zero-order chi connectivity index (χ0) is 16.5. The number of nitrogens with one attached hydrogen (secondary N) is 1. The average Bonchev–Trinajstić information content (AvgIpc) is 2.47. The van der Waals surface area contributed by atoms with Gasteiger partial charge in [-0.15, -0.1) is 0 Å². The number of hydrogen-bond acceptors (Lipinski definition) is 1. The summed E-state index contributed by atoms with van der Waals surface area (Å²) >= 11 is 0. The van der Waals surface area contributed by atoms with Crippen molar-refractivity contribution < 1.29 is 0 Å². The Morgan fingerprint density at radius 1 is 0.682 bits per heavy atom. The Kier molecular flexibility index (Phi) is 15.4. The molecule has 0 aromatic carbocycles. The van der Waals surface area contributed by atoms with Gasteiger partial charge in [-0.1, -0.05) is 77.4 Å². The van der Waals surface area contributed by atoms with Gasteiger partial charge >= 0.3 is 0 Å². The molecule has 0 aliphatic heterocycles. The Hall–Kier alpha value is -0.300. The zero-order valence-electron chi connectivity index (χ0n) is 16.1. The van der Waals surface area contributed by atoms with Crippen molar-refractivity contribution in [3.05, 3.63) is 12.2 Å². The van der Waals surface area contributed by atoms with Gasteiger partial charge < -0.3 is 5.32 Å². The third kappa shape index (κ3) is 16.1. The molecular formula is C21H43N. The number of hydrogen-bond donors (Lipinski definition) is 1. The molecule has 132 valence electrons. The van der Waals surface area contributed by atoms with Crippen LogP contribution in [-0.4, -0.2) is 12.1 Å². The summed E-state index contributed by atoms with van der Waals surface area (Å²) < 4.78 is 0. The molecule has 0 amide bonds. The largest absolute Gasteiger partial charge is 0.312 e. The molecule has 1 N–H and O–H groups in total. The van der Waals surface area contributed by atoms with E-state index in [1.807, 2.05) is 0 Å². The fourth-order valence-corrected chi connectivity index (χ4v) is 3.03. The Bertz CT molecular complexity index is 242. The summed E-state index contributed by atoms with van der Waals surface area (Å²) in [7, 11) is 0. The fraction of sp³-hybridized carbons (Fsp3) is 0.905. The van der Waals surface area contributed by atoms with Crippen LogP contribution >= 0.6 is 0 Å². The van der Waals surface area contributed by atoms with E-state index in [1.165, 1.54) is 83.5 Å². The first-order chi connectivity index (χ1) is 10.6. The van der Waals surface area contributed by atoms with Gasteiger partial charge in [0.05, 0.1) is 0 Å². The van der Waals surface area contributed by atoms with Gasteiger partial charge in [-0.3, -0.25) is 0 Å². The normalized spacial score (nSPS) is 12.4. The van der Waals surface area contributed by atoms with E-state index in [-0.39, 0.29) is 0 Å². The molecule has 0 aromatic heterocycles. The van der Waals surface area contributed by atoms with Gasteiger partial charge in [0.1, 0.15) is 0 Å². The molecule has 0 heterocycles. The lowest BCUT2D eigenvalue weighted by Crippen LogP contribution is -2.38. The molecule has 0 radical (unpaired) electrons. The molecule has 0 bridgehead atoms. The summed E-state index contributed by atoms with van der Waals surface area (Å²) in [6.07, 6.45) is 22.7.